The van der Waals surface area contributed by atoms with Crippen LogP contribution in [0.15, 0.2) is 0 Å². The number of nitrogens with zero attached hydrogens (tertiary/aromatic N) is 3. The molecule has 0 aromatic carbocycles. The van der Waals surface area contributed by atoms with E-state index in [0.717, 1.165) is 71.2 Å². The molecule has 0 heterocycles. The van der Waals surface area contributed by atoms with Gasteiger partial charge in [0.15, 0.2) is 0 Å². The molecule has 9 heteroatoms. The van der Waals surface area contributed by atoms with Crippen LogP contribution in [0.3, 0.4) is 0 Å². The number of halogens is 1. The minimum Gasteiger partial charge on any atom is -0.395 e. The van der Waals surface area contributed by atoms with Crippen LogP contribution in [0, 0.1) is 17.2 Å². The van der Waals surface area contributed by atoms with E-state index < -0.39 is 0 Å². The van der Waals surface area contributed by atoms with Crippen molar-refractivity contribution in [3.63, 3.8) is 0 Å². The van der Waals surface area contributed by atoms with Gasteiger partial charge in [0.25, 0.3) is 0 Å². The van der Waals surface area contributed by atoms with Crippen molar-refractivity contribution in [3.8, 4) is 6.07 Å². The Kier molecular flexibility index (Phi) is 19.6. The largest absolute Gasteiger partial charge is 0.395 e. The summed E-state index contributed by atoms with van der Waals surface area (Å²) in [5.74, 6) is -0.512. The normalized spacial score (nSPS) is 15.4. The van der Waals surface area contributed by atoms with Gasteiger partial charge in [0, 0.05) is 45.1 Å². The number of hydrogen-bond acceptors (Lipinski definition) is 7. The van der Waals surface area contributed by atoms with Gasteiger partial charge < -0.3 is 19.6 Å². The van der Waals surface area contributed by atoms with Crippen molar-refractivity contribution in [3.05, 3.63) is 0 Å². The van der Waals surface area contributed by atoms with Crippen LogP contribution in [-0.2, 0) is 13.9 Å². The van der Waals surface area contributed by atoms with Gasteiger partial charge >= 0.3 is 5.97 Å². The highest BCUT2D eigenvalue weighted by atomic mass is 35.5. The van der Waals surface area contributed by atoms with E-state index in [1.54, 1.807) is 6.92 Å². The Balaban J connectivity index is 2.45. The first-order chi connectivity index (χ1) is 17.5. The van der Waals surface area contributed by atoms with E-state index in [2.05, 4.69) is 25.5 Å². The number of rotatable bonds is 20. The first-order valence-corrected chi connectivity index (χ1v) is 14.4. The standard InChI is InChI=1S/C27H49ClN4O4/c1-24(22-29)23-30-26(34)14-8-4-10-16-31(17-11-5-9-15-27(35)36-28)18-19-32(20-21-33)25-12-6-2-3-7-13-25/h24-25,33H,2-21,23H2,1H3,(H,30,34). The molecule has 1 aliphatic rings. The molecule has 8 nitrogen and oxygen atoms in total. The molecule has 0 aliphatic heterocycles. The van der Waals surface area contributed by atoms with Crippen LogP contribution in [-0.4, -0.2) is 78.7 Å². The highest BCUT2D eigenvalue weighted by Gasteiger charge is 2.20. The Morgan fingerprint density at radius 1 is 0.972 bits per heavy atom. The molecule has 1 saturated carbocycles. The molecule has 1 atom stereocenters. The number of carbonyl (C=O) groups excluding carboxylic acids is 2. The fraction of sp³-hybridized carbons (Fsp3) is 0.889. The molecule has 0 aromatic heterocycles. The minimum absolute atomic E-state index is 0.0208. The number of nitriles is 1. The summed E-state index contributed by atoms with van der Waals surface area (Å²) in [6.45, 7) is 7.03. The minimum atomic E-state index is -0.373. The zero-order valence-electron chi connectivity index (χ0n) is 22.4. The van der Waals surface area contributed by atoms with Crippen LogP contribution in [0.5, 0.6) is 0 Å². The van der Waals surface area contributed by atoms with Crippen molar-refractivity contribution >= 4 is 23.7 Å². The number of aliphatic hydroxyl groups is 1. The molecule has 1 rings (SSSR count). The van der Waals surface area contributed by atoms with Crippen molar-refractivity contribution < 1.29 is 19.0 Å². The summed E-state index contributed by atoms with van der Waals surface area (Å²) in [5.41, 5.74) is 0. The SMILES string of the molecule is CC(C#N)CNC(=O)CCCCCN(CCCCCC(=O)OCl)CCN(CCO)C1CCCCCC1. The molecule has 0 bridgehead atoms. The average Bonchev–Trinajstić information content (AvgIpc) is 3.18. The maximum absolute atomic E-state index is 11.9. The Hall–Kier alpha value is -1.40. The van der Waals surface area contributed by atoms with Gasteiger partial charge in [-0.1, -0.05) is 38.5 Å². The van der Waals surface area contributed by atoms with Crippen LogP contribution in [0.2, 0.25) is 0 Å². The van der Waals surface area contributed by atoms with E-state index in [-0.39, 0.29) is 24.4 Å². The van der Waals surface area contributed by atoms with Gasteiger partial charge in [-0.25, -0.2) is 0 Å². The Morgan fingerprint density at radius 2 is 1.61 bits per heavy atom. The average molecular weight is 529 g/mol. The number of amides is 1. The molecule has 1 unspecified atom stereocenters. The summed E-state index contributed by atoms with van der Waals surface area (Å²) in [6.07, 6.45) is 14.1. The second-order valence-corrected chi connectivity index (χ2v) is 10.3. The van der Waals surface area contributed by atoms with Crippen molar-refractivity contribution in [2.45, 2.75) is 103 Å². The van der Waals surface area contributed by atoms with Gasteiger partial charge in [0.05, 0.1) is 18.6 Å². The number of nitrogens with one attached hydrogen (secondary N) is 1. The Labute approximate surface area is 223 Å². The van der Waals surface area contributed by atoms with E-state index >= 15 is 0 Å². The van der Waals surface area contributed by atoms with Gasteiger partial charge in [-0.3, -0.25) is 14.5 Å². The number of unbranched alkanes of at least 4 members (excludes halogenated alkanes) is 4. The van der Waals surface area contributed by atoms with E-state index in [1.807, 2.05) is 0 Å². The number of carbonyl (C=O) groups is 2. The molecular weight excluding hydrogens is 480 g/mol. The summed E-state index contributed by atoms with van der Waals surface area (Å²) in [5, 5.41) is 21.3. The van der Waals surface area contributed by atoms with Crippen molar-refractivity contribution in [2.75, 3.05) is 45.9 Å². The lowest BCUT2D eigenvalue weighted by Crippen LogP contribution is -2.43. The fourth-order valence-corrected chi connectivity index (χ4v) is 4.93. The quantitative estimate of drug-likeness (QED) is 0.178. The predicted octanol–water partition coefficient (Wildman–Crippen LogP) is 4.40. The lowest BCUT2D eigenvalue weighted by atomic mass is 10.1. The molecule has 2 N–H and O–H groups in total. The summed E-state index contributed by atoms with van der Waals surface area (Å²) >= 11 is 5.11. The molecular formula is C27H49ClN4O4. The fourth-order valence-electron chi connectivity index (χ4n) is 4.85. The maximum atomic E-state index is 11.9. The second-order valence-electron chi connectivity index (χ2n) is 10.2. The zero-order chi connectivity index (χ0) is 26.4. The van der Waals surface area contributed by atoms with E-state index in [9.17, 15) is 14.7 Å². The molecule has 36 heavy (non-hydrogen) atoms. The molecule has 0 aromatic rings. The highest BCUT2D eigenvalue weighted by Crippen LogP contribution is 2.22. The first kappa shape index (κ1) is 32.6. The summed E-state index contributed by atoms with van der Waals surface area (Å²) in [7, 11) is 0. The van der Waals surface area contributed by atoms with Gasteiger partial charge in [0.2, 0.25) is 5.91 Å². The second kappa shape index (κ2) is 21.7. The smallest absolute Gasteiger partial charge is 0.324 e. The molecule has 0 spiro atoms. The summed E-state index contributed by atoms with van der Waals surface area (Å²) in [6, 6.07) is 2.70. The Bertz CT molecular complexity index is 623. The van der Waals surface area contributed by atoms with Crippen LogP contribution >= 0.6 is 11.9 Å². The molecule has 1 fully saturated rings. The lowest BCUT2D eigenvalue weighted by Gasteiger charge is -2.33. The van der Waals surface area contributed by atoms with Crippen LogP contribution in [0.4, 0.5) is 0 Å². The van der Waals surface area contributed by atoms with Crippen LogP contribution in [0.1, 0.15) is 96.8 Å². The molecule has 0 saturated heterocycles. The van der Waals surface area contributed by atoms with E-state index in [4.69, 9.17) is 17.1 Å². The molecule has 1 aliphatic carbocycles. The third-order valence-corrected chi connectivity index (χ3v) is 7.25. The first-order valence-electron chi connectivity index (χ1n) is 14.0. The topological polar surface area (TPSA) is 106 Å². The van der Waals surface area contributed by atoms with E-state index in [0.29, 0.717) is 25.4 Å². The predicted molar refractivity (Wildman–Crippen MR) is 143 cm³/mol. The monoisotopic (exact) mass is 528 g/mol. The van der Waals surface area contributed by atoms with Crippen molar-refractivity contribution in [1.29, 1.82) is 5.26 Å². The number of hydrogen-bond donors (Lipinski definition) is 2. The van der Waals surface area contributed by atoms with E-state index in [1.165, 1.54) is 38.5 Å². The highest BCUT2D eigenvalue weighted by molar-refractivity contribution is 6.13. The third kappa shape index (κ3) is 16.4. The van der Waals surface area contributed by atoms with Gasteiger partial charge in [-0.05, 0) is 58.5 Å². The Morgan fingerprint density at radius 3 is 2.19 bits per heavy atom. The van der Waals surface area contributed by atoms with Gasteiger partial charge in [-0.2, -0.15) is 5.26 Å². The van der Waals surface area contributed by atoms with Crippen molar-refractivity contribution in [2.24, 2.45) is 5.92 Å². The summed E-state index contributed by atoms with van der Waals surface area (Å²) in [4.78, 5) is 28.2. The van der Waals surface area contributed by atoms with Crippen molar-refractivity contribution in [1.82, 2.24) is 15.1 Å². The number of aliphatic hydroxyl groups excluding tert-OH is 1. The van der Waals surface area contributed by atoms with Crippen LogP contribution < -0.4 is 5.32 Å². The molecule has 0 radical (unpaired) electrons. The van der Waals surface area contributed by atoms with Gasteiger partial charge in [-0.15, -0.1) is 0 Å². The maximum Gasteiger partial charge on any atom is 0.324 e. The lowest BCUT2D eigenvalue weighted by molar-refractivity contribution is -0.134. The van der Waals surface area contributed by atoms with Crippen LogP contribution in [0.25, 0.3) is 0 Å². The molecule has 1 amide bonds. The summed E-state index contributed by atoms with van der Waals surface area (Å²) < 4.78 is 4.21. The third-order valence-electron chi connectivity index (χ3n) is 7.08. The van der Waals surface area contributed by atoms with Gasteiger partial charge in [0.1, 0.15) is 11.9 Å². The zero-order valence-corrected chi connectivity index (χ0v) is 23.2. The molecule has 208 valence electrons.